The Morgan fingerprint density at radius 1 is 1.05 bits per heavy atom. The minimum Gasteiger partial charge on any atom is -0.336 e. The van der Waals surface area contributed by atoms with Crippen LogP contribution in [0.25, 0.3) is 56.1 Å². The lowest BCUT2D eigenvalue weighted by atomic mass is 10.1. The molecule has 6 aromatic rings. The van der Waals surface area contributed by atoms with Crippen molar-refractivity contribution in [2.24, 2.45) is 0 Å². The molecule has 0 aliphatic heterocycles. The molecule has 3 N–H and O–H groups in total. The maximum Gasteiger partial charge on any atom is 0.224 e. The molecule has 11 heteroatoms. The van der Waals surface area contributed by atoms with Crippen LogP contribution in [0, 0.1) is 5.82 Å². The fourth-order valence-electron chi connectivity index (χ4n) is 4.17. The topological polar surface area (TPSA) is 138 Å². The third kappa shape index (κ3) is 4.05. The van der Waals surface area contributed by atoms with E-state index in [0.717, 1.165) is 6.42 Å². The van der Waals surface area contributed by atoms with Crippen LogP contribution >= 0.6 is 0 Å². The molecule has 0 unspecified atom stereocenters. The number of nitrogens with zero attached hydrogens (tertiary/aromatic N) is 6. The van der Waals surface area contributed by atoms with E-state index in [1.54, 1.807) is 24.5 Å². The molecule has 1 amide bonds. The van der Waals surface area contributed by atoms with Gasteiger partial charge >= 0.3 is 0 Å². The van der Waals surface area contributed by atoms with Crippen molar-refractivity contribution >= 4 is 33.7 Å². The van der Waals surface area contributed by atoms with Crippen molar-refractivity contribution in [2.45, 2.75) is 19.8 Å². The molecule has 0 spiro atoms. The van der Waals surface area contributed by atoms with Gasteiger partial charge in [0, 0.05) is 42.3 Å². The summed E-state index contributed by atoms with van der Waals surface area (Å²) in [5.74, 6) is -0.295. The first kappa shape index (κ1) is 22.4. The van der Waals surface area contributed by atoms with Gasteiger partial charge in [0.25, 0.3) is 0 Å². The first-order valence-corrected chi connectivity index (χ1v) is 11.7. The van der Waals surface area contributed by atoms with Crippen LogP contribution in [0.5, 0.6) is 0 Å². The number of carbonyl (C=O) groups excluding carboxylic acids is 1. The van der Waals surface area contributed by atoms with Crippen LogP contribution in [0.4, 0.5) is 10.1 Å². The number of amides is 1. The van der Waals surface area contributed by atoms with Gasteiger partial charge in [-0.2, -0.15) is 5.10 Å². The molecule has 6 heterocycles. The number of pyridine rings is 4. The number of rotatable bonds is 6. The van der Waals surface area contributed by atoms with Crippen LogP contribution in [0.2, 0.25) is 0 Å². The van der Waals surface area contributed by atoms with E-state index in [0.29, 0.717) is 45.9 Å². The van der Waals surface area contributed by atoms with Crippen LogP contribution in [0.1, 0.15) is 19.8 Å². The Labute approximate surface area is 209 Å². The van der Waals surface area contributed by atoms with Gasteiger partial charge in [-0.3, -0.25) is 24.8 Å². The molecule has 0 aliphatic carbocycles. The zero-order valence-corrected chi connectivity index (χ0v) is 19.7. The van der Waals surface area contributed by atoms with Crippen molar-refractivity contribution in [2.75, 3.05) is 5.32 Å². The average molecular weight is 494 g/mol. The number of imidazole rings is 1. The smallest absolute Gasteiger partial charge is 0.224 e. The number of carbonyl (C=O) groups is 1. The van der Waals surface area contributed by atoms with Crippen LogP contribution in [-0.4, -0.2) is 46.0 Å². The Bertz CT molecular complexity index is 1760. The minimum atomic E-state index is -0.531. The van der Waals surface area contributed by atoms with Crippen molar-refractivity contribution in [3.63, 3.8) is 0 Å². The van der Waals surface area contributed by atoms with E-state index in [1.165, 1.54) is 18.6 Å². The second kappa shape index (κ2) is 9.19. The summed E-state index contributed by atoms with van der Waals surface area (Å²) in [6.07, 6.45) is 8.91. The first-order chi connectivity index (χ1) is 18.1. The van der Waals surface area contributed by atoms with Gasteiger partial charge < -0.3 is 10.3 Å². The van der Waals surface area contributed by atoms with E-state index < -0.39 is 5.82 Å². The number of fused-ring (bicyclic) bond motifs is 2. The number of anilines is 1. The Hall–Kier alpha value is -5.06. The molecule has 0 radical (unpaired) electrons. The molecule has 0 aliphatic rings. The zero-order chi connectivity index (χ0) is 25.4. The van der Waals surface area contributed by atoms with Crippen molar-refractivity contribution < 1.29 is 9.18 Å². The second-order valence-electron chi connectivity index (χ2n) is 8.40. The predicted molar refractivity (Wildman–Crippen MR) is 137 cm³/mol. The Kier molecular flexibility index (Phi) is 5.56. The van der Waals surface area contributed by atoms with Crippen molar-refractivity contribution in [1.82, 2.24) is 40.1 Å². The summed E-state index contributed by atoms with van der Waals surface area (Å²) in [6.45, 7) is 1.92. The van der Waals surface area contributed by atoms with E-state index in [2.05, 4.69) is 40.4 Å². The van der Waals surface area contributed by atoms with E-state index in [-0.39, 0.29) is 28.2 Å². The van der Waals surface area contributed by atoms with E-state index in [1.807, 2.05) is 25.1 Å². The number of halogens is 1. The number of aromatic nitrogens is 8. The molecule has 6 rings (SSSR count). The molecule has 0 atom stereocenters. The van der Waals surface area contributed by atoms with E-state index in [4.69, 9.17) is 4.98 Å². The van der Waals surface area contributed by atoms with Gasteiger partial charge in [-0.05, 0) is 30.7 Å². The minimum absolute atomic E-state index is 0.128. The summed E-state index contributed by atoms with van der Waals surface area (Å²) in [5.41, 5.74) is 4.32. The molecule has 0 saturated heterocycles. The van der Waals surface area contributed by atoms with Gasteiger partial charge in [0.1, 0.15) is 22.7 Å². The number of hydrogen-bond donors (Lipinski definition) is 3. The molecular formula is C26H20FN9O. The van der Waals surface area contributed by atoms with Gasteiger partial charge in [-0.25, -0.2) is 14.4 Å². The average Bonchev–Trinajstić information content (AvgIpc) is 3.54. The predicted octanol–water partition coefficient (Wildman–Crippen LogP) is 4.90. The molecule has 0 saturated carbocycles. The highest BCUT2D eigenvalue weighted by atomic mass is 19.1. The summed E-state index contributed by atoms with van der Waals surface area (Å²) in [6, 6.07) is 9.00. The summed E-state index contributed by atoms with van der Waals surface area (Å²) in [7, 11) is 0. The Morgan fingerprint density at radius 2 is 1.97 bits per heavy atom. The van der Waals surface area contributed by atoms with Gasteiger partial charge in [0.2, 0.25) is 5.91 Å². The number of hydrogen-bond acceptors (Lipinski definition) is 7. The lowest BCUT2D eigenvalue weighted by Crippen LogP contribution is -2.10. The molecule has 182 valence electrons. The first-order valence-electron chi connectivity index (χ1n) is 11.7. The largest absolute Gasteiger partial charge is 0.336 e. The highest BCUT2D eigenvalue weighted by molar-refractivity contribution is 5.96. The summed E-state index contributed by atoms with van der Waals surface area (Å²) in [5, 5.41) is 10.1. The van der Waals surface area contributed by atoms with E-state index in [9.17, 15) is 4.79 Å². The maximum atomic E-state index is 16.0. The Morgan fingerprint density at radius 3 is 2.81 bits per heavy atom. The molecule has 0 bridgehead atoms. The molecule has 6 aromatic heterocycles. The molecule has 37 heavy (non-hydrogen) atoms. The fraction of sp³-hybridized carbons (Fsp3) is 0.115. The SMILES string of the molecule is CCCC(=O)Nc1cncc(-c2cnc3[nH]nc(-c4nc5c(-c6ccccn6)nccc5[nH]4)c3c2F)c1. The van der Waals surface area contributed by atoms with Gasteiger partial charge in [0.15, 0.2) is 11.5 Å². The molecular weight excluding hydrogens is 473 g/mol. The maximum absolute atomic E-state index is 16.0. The summed E-state index contributed by atoms with van der Waals surface area (Å²) < 4.78 is 16.0. The number of nitrogens with one attached hydrogen (secondary N) is 3. The van der Waals surface area contributed by atoms with Crippen LogP contribution in [-0.2, 0) is 4.79 Å². The molecule has 10 nitrogen and oxygen atoms in total. The van der Waals surface area contributed by atoms with Gasteiger partial charge in [-0.1, -0.05) is 13.0 Å². The highest BCUT2D eigenvalue weighted by Gasteiger charge is 2.21. The van der Waals surface area contributed by atoms with Gasteiger partial charge in [0.05, 0.1) is 28.5 Å². The monoisotopic (exact) mass is 493 g/mol. The van der Waals surface area contributed by atoms with Crippen LogP contribution < -0.4 is 5.32 Å². The Balaban J connectivity index is 1.44. The van der Waals surface area contributed by atoms with Crippen LogP contribution in [0.15, 0.2) is 61.3 Å². The third-order valence-electron chi connectivity index (χ3n) is 5.87. The van der Waals surface area contributed by atoms with Gasteiger partial charge in [-0.15, -0.1) is 0 Å². The fourth-order valence-corrected chi connectivity index (χ4v) is 4.17. The third-order valence-corrected chi connectivity index (χ3v) is 5.87. The van der Waals surface area contributed by atoms with Crippen molar-refractivity contribution in [1.29, 1.82) is 0 Å². The van der Waals surface area contributed by atoms with Crippen molar-refractivity contribution in [3.8, 4) is 34.0 Å². The standard InChI is InChI=1S/C26H20FN9O/c1-2-5-19(37)32-15-10-14(11-28-12-15)16-13-31-25-20(21(16)27)24(35-36-25)26-33-18-7-9-30-22(23(18)34-26)17-6-3-4-8-29-17/h3-4,6-13H,2,5H2,1H3,(H,32,37)(H,33,34)(H,31,35,36). The van der Waals surface area contributed by atoms with Crippen molar-refractivity contribution in [3.05, 3.63) is 67.1 Å². The summed E-state index contributed by atoms with van der Waals surface area (Å²) >= 11 is 0. The second-order valence-corrected chi connectivity index (χ2v) is 8.40. The molecule has 0 fully saturated rings. The number of H-pyrrole nitrogens is 2. The highest BCUT2D eigenvalue weighted by Crippen LogP contribution is 2.34. The normalized spacial score (nSPS) is 11.3. The number of aromatic amines is 2. The zero-order valence-electron chi connectivity index (χ0n) is 19.7. The quantitative estimate of drug-likeness (QED) is 0.300. The summed E-state index contributed by atoms with van der Waals surface area (Å²) in [4.78, 5) is 37.3. The molecule has 0 aromatic carbocycles. The lowest BCUT2D eigenvalue weighted by molar-refractivity contribution is -0.116. The van der Waals surface area contributed by atoms with E-state index >= 15 is 4.39 Å². The lowest BCUT2D eigenvalue weighted by Gasteiger charge is -2.08. The van der Waals surface area contributed by atoms with Crippen LogP contribution in [0.3, 0.4) is 0 Å².